The summed E-state index contributed by atoms with van der Waals surface area (Å²) >= 11 is 0. The third-order valence-corrected chi connectivity index (χ3v) is 7.61. The zero-order chi connectivity index (χ0) is 34.5. The minimum absolute atomic E-state index is 0.123. The van der Waals surface area contributed by atoms with Gasteiger partial charge in [0.2, 0.25) is 0 Å². The van der Waals surface area contributed by atoms with Gasteiger partial charge in [0.25, 0.3) is 0 Å². The molecule has 1 unspecified atom stereocenters. The first-order valence-corrected chi connectivity index (χ1v) is 18.6. The Labute approximate surface area is 287 Å². The number of rotatable bonds is 32. The van der Waals surface area contributed by atoms with Crippen molar-refractivity contribution in [1.29, 1.82) is 0 Å². The van der Waals surface area contributed by atoms with Gasteiger partial charge in [-0.1, -0.05) is 164 Å². The number of allylic oxidation sites excluding steroid dienone is 10. The largest absolute Gasteiger partial charge is 0.462 e. The van der Waals surface area contributed by atoms with E-state index in [0.717, 1.165) is 44.9 Å². The Morgan fingerprint density at radius 3 is 1.79 bits per heavy atom. The molecule has 0 aliphatic heterocycles. The van der Waals surface area contributed by atoms with E-state index >= 15 is 0 Å². The monoisotopic (exact) mass is 657 g/mol. The van der Waals surface area contributed by atoms with Gasteiger partial charge in [0.05, 0.1) is 12.7 Å². The fraction of sp³-hybridized carbons (Fsp3) is 0.659. The number of aliphatic hydroxyl groups is 2. The zero-order valence-corrected chi connectivity index (χ0v) is 29.9. The molecule has 0 aliphatic carbocycles. The Balaban J connectivity index is 3.80. The normalized spacial score (nSPS) is 13.7. The van der Waals surface area contributed by atoms with E-state index < -0.39 is 12.2 Å². The minimum atomic E-state index is -0.816. The number of ether oxygens (including phenoxy) is 2. The molecule has 0 aliphatic rings. The number of unbranched alkanes of at least 4 members (excludes halogenated alkanes) is 12. The Bertz CT molecular complexity index is 898. The van der Waals surface area contributed by atoms with Crippen molar-refractivity contribution >= 4 is 11.9 Å². The highest BCUT2D eigenvalue weighted by Crippen LogP contribution is 2.13. The van der Waals surface area contributed by atoms with Gasteiger partial charge >= 0.3 is 11.9 Å². The van der Waals surface area contributed by atoms with Crippen LogP contribution in [0, 0.1) is 0 Å². The number of carbonyl (C=O) groups excluding carboxylic acids is 2. The second-order valence-corrected chi connectivity index (χ2v) is 12.1. The smallest absolute Gasteiger partial charge is 0.306 e. The summed E-state index contributed by atoms with van der Waals surface area (Å²) in [5.74, 6) is -0.723. The maximum atomic E-state index is 12.1. The van der Waals surface area contributed by atoms with Crippen LogP contribution >= 0.6 is 0 Å². The van der Waals surface area contributed by atoms with Crippen LogP contribution in [0.2, 0.25) is 0 Å². The summed E-state index contributed by atoms with van der Waals surface area (Å²) in [5.41, 5.74) is 0. The number of hydrogen-bond acceptors (Lipinski definition) is 6. The van der Waals surface area contributed by atoms with Crippen molar-refractivity contribution < 1.29 is 29.3 Å². The van der Waals surface area contributed by atoms with Crippen LogP contribution < -0.4 is 0 Å². The fourth-order valence-electron chi connectivity index (χ4n) is 4.78. The fourth-order valence-corrected chi connectivity index (χ4v) is 4.78. The van der Waals surface area contributed by atoms with Gasteiger partial charge in [-0.15, -0.1) is 0 Å². The molecule has 2 atom stereocenters. The quantitative estimate of drug-likeness (QED) is 0.0324. The van der Waals surface area contributed by atoms with Crippen LogP contribution in [0.25, 0.3) is 0 Å². The Kier molecular flexibility index (Phi) is 34.1. The molecule has 47 heavy (non-hydrogen) atoms. The van der Waals surface area contributed by atoms with Gasteiger partial charge in [0, 0.05) is 12.8 Å². The molecule has 0 saturated carbocycles. The van der Waals surface area contributed by atoms with E-state index in [9.17, 15) is 19.8 Å². The lowest BCUT2D eigenvalue weighted by Gasteiger charge is -2.15. The first-order chi connectivity index (χ1) is 23.0. The lowest BCUT2D eigenvalue weighted by atomic mass is 10.0. The summed E-state index contributed by atoms with van der Waals surface area (Å²) in [5, 5.41) is 19.5. The van der Waals surface area contributed by atoms with E-state index in [1.165, 1.54) is 64.2 Å². The molecule has 0 amide bonds. The molecule has 0 spiro atoms. The summed E-state index contributed by atoms with van der Waals surface area (Å²) in [4.78, 5) is 24.2. The van der Waals surface area contributed by atoms with E-state index in [0.29, 0.717) is 19.3 Å². The van der Waals surface area contributed by atoms with Crippen LogP contribution in [0.5, 0.6) is 0 Å². The number of hydrogen-bond donors (Lipinski definition) is 2. The topological polar surface area (TPSA) is 93.1 Å². The van der Waals surface area contributed by atoms with Crippen molar-refractivity contribution in [2.75, 3.05) is 13.2 Å². The van der Waals surface area contributed by atoms with Crippen molar-refractivity contribution in [3.05, 3.63) is 72.9 Å². The van der Waals surface area contributed by atoms with Crippen LogP contribution in [0.3, 0.4) is 0 Å². The summed E-state index contributed by atoms with van der Waals surface area (Å²) in [6.07, 6.45) is 44.2. The van der Waals surface area contributed by atoms with Crippen LogP contribution in [0.4, 0.5) is 0 Å². The average Bonchev–Trinajstić information content (AvgIpc) is 3.07. The van der Waals surface area contributed by atoms with Crippen molar-refractivity contribution in [3.63, 3.8) is 0 Å². The molecule has 0 radical (unpaired) electrons. The first-order valence-electron chi connectivity index (χ1n) is 18.6. The van der Waals surface area contributed by atoms with Crippen LogP contribution in [0.1, 0.15) is 149 Å². The molecule has 0 aromatic heterocycles. The molecule has 0 bridgehead atoms. The molecule has 0 aromatic carbocycles. The average molecular weight is 657 g/mol. The molecule has 6 nitrogen and oxygen atoms in total. The molecule has 0 aromatic rings. The summed E-state index contributed by atoms with van der Waals surface area (Å²) < 4.78 is 10.5. The maximum absolute atomic E-state index is 12.1. The highest BCUT2D eigenvalue weighted by atomic mass is 16.6. The van der Waals surface area contributed by atoms with Crippen LogP contribution in [-0.4, -0.2) is 47.6 Å². The van der Waals surface area contributed by atoms with E-state index in [1.54, 1.807) is 6.08 Å². The van der Waals surface area contributed by atoms with Crippen molar-refractivity contribution in [2.24, 2.45) is 0 Å². The van der Waals surface area contributed by atoms with Crippen molar-refractivity contribution in [3.8, 4) is 0 Å². The minimum Gasteiger partial charge on any atom is -0.462 e. The molecule has 0 rings (SSSR count). The molecular weight excluding hydrogens is 588 g/mol. The van der Waals surface area contributed by atoms with Gasteiger partial charge in [-0.25, -0.2) is 0 Å². The predicted molar refractivity (Wildman–Crippen MR) is 197 cm³/mol. The van der Waals surface area contributed by atoms with E-state index in [-0.39, 0.29) is 31.6 Å². The van der Waals surface area contributed by atoms with E-state index in [2.05, 4.69) is 44.2 Å². The molecule has 0 heterocycles. The lowest BCUT2D eigenvalue weighted by Crippen LogP contribution is -2.28. The van der Waals surface area contributed by atoms with Gasteiger partial charge in [-0.2, -0.15) is 0 Å². The van der Waals surface area contributed by atoms with Gasteiger partial charge in [0.15, 0.2) is 6.10 Å². The van der Waals surface area contributed by atoms with E-state index in [4.69, 9.17) is 9.47 Å². The van der Waals surface area contributed by atoms with Crippen molar-refractivity contribution in [1.82, 2.24) is 0 Å². The highest BCUT2D eigenvalue weighted by molar-refractivity contribution is 5.70. The van der Waals surface area contributed by atoms with Crippen LogP contribution in [-0.2, 0) is 19.1 Å². The Hall–Kier alpha value is -2.70. The maximum Gasteiger partial charge on any atom is 0.306 e. The SMILES string of the molecule is CC/C=C\C/C=C\CC(O)/C=C/C=C\C/C=C\C/C=C\CCC(=O)OC[C@H](CO)OC(=O)CCCCCCCCCCCCCCC. The molecule has 6 heteroatoms. The van der Waals surface area contributed by atoms with Gasteiger partial charge in [0.1, 0.15) is 6.61 Å². The number of aliphatic hydroxyl groups excluding tert-OH is 2. The van der Waals surface area contributed by atoms with Crippen molar-refractivity contribution in [2.45, 2.75) is 161 Å². The summed E-state index contributed by atoms with van der Waals surface area (Å²) in [7, 11) is 0. The molecule has 2 N–H and O–H groups in total. The summed E-state index contributed by atoms with van der Waals surface area (Å²) in [6.45, 7) is 3.87. The third kappa shape index (κ3) is 34.5. The van der Waals surface area contributed by atoms with Gasteiger partial charge < -0.3 is 19.7 Å². The summed E-state index contributed by atoms with van der Waals surface area (Å²) in [6, 6.07) is 0. The van der Waals surface area contributed by atoms with E-state index in [1.807, 2.05) is 36.5 Å². The number of carbonyl (C=O) groups is 2. The zero-order valence-electron chi connectivity index (χ0n) is 29.9. The standard InChI is InChI=1S/C41H68O6/c1-3-5-7-9-11-12-13-14-15-20-23-27-31-35-41(45)47-39(36-42)37-46-40(44)34-30-26-22-19-17-16-18-21-25-29-33-38(43)32-28-24-10-8-6-4-2/h6,8,16-17,21-22,24-26,28-29,33,38-39,42-43H,3-5,7,9-15,18-20,23,27,30-32,34-37H2,1-2H3/b8-6-,17-16-,25-21-,26-22-,28-24-,33-29+/t38?,39-/m0/s1. The predicted octanol–water partition coefficient (Wildman–Crippen LogP) is 10.4. The Morgan fingerprint density at radius 1 is 0.617 bits per heavy atom. The lowest BCUT2D eigenvalue weighted by molar-refractivity contribution is -0.161. The molecule has 0 fully saturated rings. The third-order valence-electron chi connectivity index (χ3n) is 7.61. The molecule has 0 saturated heterocycles. The Morgan fingerprint density at radius 2 is 1.17 bits per heavy atom. The second kappa shape index (κ2) is 36.1. The van der Waals surface area contributed by atoms with Crippen LogP contribution in [0.15, 0.2) is 72.9 Å². The number of esters is 2. The molecule has 268 valence electrons. The second-order valence-electron chi connectivity index (χ2n) is 12.1. The van der Waals surface area contributed by atoms with Gasteiger partial charge in [-0.3, -0.25) is 9.59 Å². The highest BCUT2D eigenvalue weighted by Gasteiger charge is 2.15. The first kappa shape index (κ1) is 44.3. The molecular formula is C41H68O6. The van der Waals surface area contributed by atoms with Gasteiger partial charge in [-0.05, 0) is 44.9 Å².